The maximum absolute atomic E-state index is 5.94. The molecule has 5 heteroatoms. The molecule has 3 nitrogen and oxygen atoms in total. The van der Waals surface area contributed by atoms with Gasteiger partial charge in [-0.2, -0.15) is 0 Å². The van der Waals surface area contributed by atoms with Crippen molar-refractivity contribution in [3.05, 3.63) is 51.2 Å². The molecule has 100 valence electrons. The summed E-state index contributed by atoms with van der Waals surface area (Å²) in [4.78, 5) is 4.14. The Morgan fingerprint density at radius 2 is 2.05 bits per heavy atom. The van der Waals surface area contributed by atoms with E-state index in [0.717, 1.165) is 39.1 Å². The molecule has 0 aliphatic heterocycles. The van der Waals surface area contributed by atoms with E-state index in [2.05, 4.69) is 49.1 Å². The molecule has 0 atom stereocenters. The third-order valence-corrected chi connectivity index (χ3v) is 3.65. The summed E-state index contributed by atoms with van der Waals surface area (Å²) >= 11 is 6.92. The summed E-state index contributed by atoms with van der Waals surface area (Å²) in [6, 6.07) is 7.71. The standard InChI is InChI=1S/C14H14Br2N2O/c1-2-17-8-10-9-18-6-5-13(10)19-14-4-3-11(15)7-12(14)16/h3-7,9,17H,2,8H2,1H3. The van der Waals surface area contributed by atoms with E-state index in [9.17, 15) is 0 Å². The zero-order chi connectivity index (χ0) is 13.7. The Bertz CT molecular complexity index is 561. The molecule has 0 radical (unpaired) electrons. The van der Waals surface area contributed by atoms with Crippen molar-refractivity contribution in [2.75, 3.05) is 6.54 Å². The first-order chi connectivity index (χ1) is 9.20. The van der Waals surface area contributed by atoms with E-state index in [1.54, 1.807) is 6.20 Å². The summed E-state index contributed by atoms with van der Waals surface area (Å²) in [5, 5.41) is 3.28. The molecule has 0 fully saturated rings. The van der Waals surface area contributed by atoms with Gasteiger partial charge in [-0.3, -0.25) is 4.98 Å². The third-order valence-electron chi connectivity index (χ3n) is 2.54. The van der Waals surface area contributed by atoms with Gasteiger partial charge in [-0.15, -0.1) is 0 Å². The quantitative estimate of drug-likeness (QED) is 0.822. The average molecular weight is 386 g/mol. The van der Waals surface area contributed by atoms with Gasteiger partial charge in [-0.1, -0.05) is 22.9 Å². The van der Waals surface area contributed by atoms with Gasteiger partial charge in [0, 0.05) is 29.0 Å². The Morgan fingerprint density at radius 1 is 1.21 bits per heavy atom. The fourth-order valence-corrected chi connectivity index (χ4v) is 2.71. The van der Waals surface area contributed by atoms with E-state index < -0.39 is 0 Å². The van der Waals surface area contributed by atoms with Gasteiger partial charge < -0.3 is 10.1 Å². The number of benzene rings is 1. The maximum atomic E-state index is 5.94. The first kappa shape index (κ1) is 14.5. The van der Waals surface area contributed by atoms with Crippen LogP contribution in [0.2, 0.25) is 0 Å². The molecule has 0 aliphatic carbocycles. The number of rotatable bonds is 5. The molecule has 0 saturated heterocycles. The second kappa shape index (κ2) is 7.03. The highest BCUT2D eigenvalue weighted by molar-refractivity contribution is 9.11. The van der Waals surface area contributed by atoms with Crippen LogP contribution in [0, 0.1) is 0 Å². The van der Waals surface area contributed by atoms with Crippen molar-refractivity contribution >= 4 is 31.9 Å². The minimum atomic E-state index is 0.744. The Kier molecular flexibility index (Phi) is 5.36. The Hall–Kier alpha value is -0.910. The lowest BCUT2D eigenvalue weighted by Crippen LogP contribution is -2.12. The molecule has 1 N–H and O–H groups in total. The van der Waals surface area contributed by atoms with Crippen LogP contribution >= 0.6 is 31.9 Å². The number of halogens is 2. The van der Waals surface area contributed by atoms with Crippen LogP contribution in [0.4, 0.5) is 0 Å². The van der Waals surface area contributed by atoms with Crippen molar-refractivity contribution < 1.29 is 4.74 Å². The predicted octanol–water partition coefficient (Wildman–Crippen LogP) is 4.51. The molecule has 0 aliphatic rings. The highest BCUT2D eigenvalue weighted by Gasteiger charge is 2.07. The van der Waals surface area contributed by atoms with Gasteiger partial charge in [-0.05, 0) is 46.7 Å². The Morgan fingerprint density at radius 3 is 2.79 bits per heavy atom. The van der Waals surface area contributed by atoms with Crippen LogP contribution in [0.15, 0.2) is 45.6 Å². The van der Waals surface area contributed by atoms with Gasteiger partial charge in [0.05, 0.1) is 4.47 Å². The number of nitrogens with one attached hydrogen (secondary N) is 1. The highest BCUT2D eigenvalue weighted by atomic mass is 79.9. The number of hydrogen-bond donors (Lipinski definition) is 1. The highest BCUT2D eigenvalue weighted by Crippen LogP contribution is 2.33. The zero-order valence-corrected chi connectivity index (χ0v) is 13.7. The van der Waals surface area contributed by atoms with E-state index in [0.29, 0.717) is 0 Å². The van der Waals surface area contributed by atoms with E-state index >= 15 is 0 Å². The topological polar surface area (TPSA) is 34.2 Å². The molecule has 0 saturated carbocycles. The van der Waals surface area contributed by atoms with Crippen LogP contribution in [0.3, 0.4) is 0 Å². The summed E-state index contributed by atoms with van der Waals surface area (Å²) < 4.78 is 7.86. The first-order valence-electron chi connectivity index (χ1n) is 5.97. The molecule has 1 aromatic carbocycles. The second-order valence-electron chi connectivity index (χ2n) is 3.94. The molecule has 2 rings (SSSR count). The summed E-state index contributed by atoms with van der Waals surface area (Å²) in [6.45, 7) is 3.73. The van der Waals surface area contributed by atoms with Crippen LogP contribution in [0.1, 0.15) is 12.5 Å². The van der Waals surface area contributed by atoms with E-state index in [-0.39, 0.29) is 0 Å². The lowest BCUT2D eigenvalue weighted by atomic mass is 10.2. The zero-order valence-electron chi connectivity index (χ0n) is 10.5. The number of nitrogens with zero attached hydrogens (tertiary/aromatic N) is 1. The number of pyridine rings is 1. The number of ether oxygens (including phenoxy) is 1. The first-order valence-corrected chi connectivity index (χ1v) is 7.56. The molecule has 0 unspecified atom stereocenters. The van der Waals surface area contributed by atoms with Gasteiger partial charge in [0.2, 0.25) is 0 Å². The molecule has 0 bridgehead atoms. The van der Waals surface area contributed by atoms with Crippen molar-refractivity contribution in [2.24, 2.45) is 0 Å². The summed E-state index contributed by atoms with van der Waals surface area (Å²) in [5.74, 6) is 1.60. The van der Waals surface area contributed by atoms with E-state index in [1.165, 1.54) is 0 Å². The molecule has 2 aromatic rings. The van der Waals surface area contributed by atoms with Crippen molar-refractivity contribution in [3.63, 3.8) is 0 Å². The molecule has 0 spiro atoms. The van der Waals surface area contributed by atoms with E-state index in [4.69, 9.17) is 4.74 Å². The van der Waals surface area contributed by atoms with E-state index in [1.807, 2.05) is 30.5 Å². The summed E-state index contributed by atoms with van der Waals surface area (Å²) in [5.41, 5.74) is 1.04. The van der Waals surface area contributed by atoms with Crippen molar-refractivity contribution in [3.8, 4) is 11.5 Å². The van der Waals surface area contributed by atoms with Gasteiger partial charge in [0.1, 0.15) is 11.5 Å². The Balaban J connectivity index is 2.22. The molecular formula is C14H14Br2N2O. The van der Waals surface area contributed by atoms with Crippen LogP contribution in [0.5, 0.6) is 11.5 Å². The molecule has 0 amide bonds. The van der Waals surface area contributed by atoms with Crippen LogP contribution in [-0.2, 0) is 6.54 Å². The fraction of sp³-hybridized carbons (Fsp3) is 0.214. The normalized spacial score (nSPS) is 10.5. The maximum Gasteiger partial charge on any atom is 0.141 e. The predicted molar refractivity (Wildman–Crippen MR) is 83.5 cm³/mol. The van der Waals surface area contributed by atoms with Crippen LogP contribution in [-0.4, -0.2) is 11.5 Å². The summed E-state index contributed by atoms with van der Waals surface area (Å²) in [6.07, 6.45) is 3.56. The fourth-order valence-electron chi connectivity index (χ4n) is 1.58. The third kappa shape index (κ3) is 4.03. The lowest BCUT2D eigenvalue weighted by molar-refractivity contribution is 0.469. The summed E-state index contributed by atoms with van der Waals surface area (Å²) in [7, 11) is 0. The van der Waals surface area contributed by atoms with Crippen LogP contribution < -0.4 is 10.1 Å². The second-order valence-corrected chi connectivity index (χ2v) is 5.71. The van der Waals surface area contributed by atoms with Crippen molar-refractivity contribution in [1.82, 2.24) is 10.3 Å². The largest absolute Gasteiger partial charge is 0.456 e. The SMILES string of the molecule is CCNCc1cnccc1Oc1ccc(Br)cc1Br. The molecule has 1 aromatic heterocycles. The minimum absolute atomic E-state index is 0.744. The number of hydrogen-bond acceptors (Lipinski definition) is 3. The van der Waals surface area contributed by atoms with Gasteiger partial charge in [0.15, 0.2) is 0 Å². The molecule has 1 heterocycles. The number of aromatic nitrogens is 1. The minimum Gasteiger partial charge on any atom is -0.456 e. The lowest BCUT2D eigenvalue weighted by Gasteiger charge is -2.12. The van der Waals surface area contributed by atoms with Crippen molar-refractivity contribution in [1.29, 1.82) is 0 Å². The smallest absolute Gasteiger partial charge is 0.141 e. The molecular weight excluding hydrogens is 372 g/mol. The van der Waals surface area contributed by atoms with Gasteiger partial charge in [0.25, 0.3) is 0 Å². The van der Waals surface area contributed by atoms with Gasteiger partial charge in [-0.25, -0.2) is 0 Å². The Labute approximate surface area is 129 Å². The van der Waals surface area contributed by atoms with Crippen molar-refractivity contribution in [2.45, 2.75) is 13.5 Å². The monoisotopic (exact) mass is 384 g/mol. The molecule has 19 heavy (non-hydrogen) atoms. The van der Waals surface area contributed by atoms with Crippen LogP contribution in [0.25, 0.3) is 0 Å². The van der Waals surface area contributed by atoms with Gasteiger partial charge >= 0.3 is 0 Å². The average Bonchev–Trinajstić information content (AvgIpc) is 2.41.